The molecule has 0 saturated carbocycles. The predicted molar refractivity (Wildman–Crippen MR) is 131 cm³/mol. The quantitative estimate of drug-likeness (QED) is 0.546. The summed E-state index contributed by atoms with van der Waals surface area (Å²) in [4.78, 5) is 64.6. The summed E-state index contributed by atoms with van der Waals surface area (Å²) in [7, 11) is 0. The van der Waals surface area contributed by atoms with E-state index in [2.05, 4.69) is 16.0 Å². The molecule has 184 valence electrons. The number of nitrogens with zero attached hydrogens (tertiary/aromatic N) is 2. The molecule has 11 heteroatoms. The molecule has 3 aliphatic rings. The molecule has 1 fully saturated rings. The van der Waals surface area contributed by atoms with E-state index in [-0.39, 0.29) is 31.1 Å². The van der Waals surface area contributed by atoms with Crippen molar-refractivity contribution in [1.29, 1.82) is 0 Å². The number of carbonyl (C=O) groups excluding carboxylic acids is 5. The lowest BCUT2D eigenvalue weighted by Gasteiger charge is -2.28. The van der Waals surface area contributed by atoms with Crippen molar-refractivity contribution in [2.24, 2.45) is 0 Å². The minimum Gasteiger partial charge on any atom is -0.351 e. The third kappa shape index (κ3) is 4.31. The number of rotatable bonds is 4. The van der Waals surface area contributed by atoms with Crippen LogP contribution in [-0.4, -0.2) is 45.5 Å². The molecule has 0 spiro atoms. The van der Waals surface area contributed by atoms with Crippen LogP contribution >= 0.6 is 11.6 Å². The molecule has 6 amide bonds. The van der Waals surface area contributed by atoms with E-state index in [1.807, 2.05) is 19.1 Å². The second kappa shape index (κ2) is 9.12. The number of carbonyl (C=O) groups is 5. The number of hydrogen-bond acceptors (Lipinski definition) is 6. The van der Waals surface area contributed by atoms with Crippen LogP contribution in [0.1, 0.15) is 29.5 Å². The highest BCUT2D eigenvalue weighted by Crippen LogP contribution is 2.32. The molecule has 0 bridgehead atoms. The Morgan fingerprint density at radius 3 is 2.67 bits per heavy atom. The molecule has 2 aromatic rings. The predicted octanol–water partition coefficient (Wildman–Crippen LogP) is 2.67. The lowest BCUT2D eigenvalue weighted by molar-refractivity contribution is -0.149. The van der Waals surface area contributed by atoms with Crippen molar-refractivity contribution in [2.75, 3.05) is 10.6 Å². The Labute approximate surface area is 211 Å². The second-order valence-corrected chi connectivity index (χ2v) is 9.26. The van der Waals surface area contributed by atoms with E-state index in [1.54, 1.807) is 29.2 Å². The van der Waals surface area contributed by atoms with Crippen molar-refractivity contribution in [1.82, 2.24) is 15.1 Å². The van der Waals surface area contributed by atoms with Gasteiger partial charge in [0.2, 0.25) is 11.8 Å². The third-order valence-electron chi connectivity index (χ3n) is 6.44. The Balaban J connectivity index is 1.29. The van der Waals surface area contributed by atoms with Gasteiger partial charge in [-0.2, -0.15) is 0 Å². The van der Waals surface area contributed by atoms with Gasteiger partial charge in [-0.15, -0.1) is 0 Å². The average Bonchev–Trinajstić information content (AvgIpc) is 3.39. The molecule has 0 aliphatic carbocycles. The molecule has 3 N–H and O–H groups in total. The first kappa shape index (κ1) is 23.6. The largest absolute Gasteiger partial charge is 0.351 e. The lowest BCUT2D eigenvalue weighted by atomic mass is 10.0. The fourth-order valence-electron chi connectivity index (χ4n) is 4.50. The normalized spacial score (nSPS) is 19.3. The van der Waals surface area contributed by atoms with Gasteiger partial charge in [0, 0.05) is 41.0 Å². The fraction of sp³-hybridized carbons (Fsp3) is 0.240. The number of imide groups is 2. The second-order valence-electron chi connectivity index (χ2n) is 8.86. The summed E-state index contributed by atoms with van der Waals surface area (Å²) in [6.45, 7) is 2.53. The van der Waals surface area contributed by atoms with E-state index in [9.17, 15) is 24.0 Å². The van der Waals surface area contributed by atoms with Crippen LogP contribution < -0.4 is 16.0 Å². The number of amides is 6. The van der Waals surface area contributed by atoms with Crippen LogP contribution in [0.3, 0.4) is 0 Å². The number of nitrogens with one attached hydrogen (secondary N) is 3. The lowest BCUT2D eigenvalue weighted by Crippen LogP contribution is -2.54. The molecule has 3 heterocycles. The number of piperidine rings is 1. The first-order valence-electron chi connectivity index (χ1n) is 11.3. The van der Waals surface area contributed by atoms with Crippen molar-refractivity contribution in [3.8, 4) is 0 Å². The smallest absolute Gasteiger partial charge is 0.322 e. The number of urea groups is 1. The van der Waals surface area contributed by atoms with Crippen LogP contribution in [0, 0.1) is 6.92 Å². The van der Waals surface area contributed by atoms with Gasteiger partial charge in [-0.25, -0.2) is 4.79 Å². The molecule has 36 heavy (non-hydrogen) atoms. The topological polar surface area (TPSA) is 128 Å². The van der Waals surface area contributed by atoms with Crippen molar-refractivity contribution in [3.05, 3.63) is 69.9 Å². The van der Waals surface area contributed by atoms with Crippen LogP contribution in [0.5, 0.6) is 0 Å². The number of benzene rings is 2. The minimum absolute atomic E-state index is 0.0234. The number of fused-ring (bicyclic) bond motifs is 1. The van der Waals surface area contributed by atoms with Crippen LogP contribution in [0.2, 0.25) is 5.02 Å². The Hall–Kier alpha value is -4.18. The SMILES string of the molecule is Cc1ccc(NC(=O)N2Cc3cccc(NC4=CC(=O)N(C5CCC(=O)NC5=O)C4=O)c3C2)cc1Cl. The number of aryl methyl sites for hydroxylation is 1. The van der Waals surface area contributed by atoms with Crippen molar-refractivity contribution in [3.63, 3.8) is 0 Å². The highest BCUT2D eigenvalue weighted by Gasteiger charge is 2.42. The molecule has 5 rings (SSSR count). The average molecular weight is 508 g/mol. The Bertz CT molecular complexity index is 1370. The molecular weight excluding hydrogens is 486 g/mol. The minimum atomic E-state index is -1.03. The Morgan fingerprint density at radius 1 is 1.11 bits per heavy atom. The summed E-state index contributed by atoms with van der Waals surface area (Å²) in [6, 6.07) is 9.40. The van der Waals surface area contributed by atoms with E-state index in [4.69, 9.17) is 11.6 Å². The molecular formula is C25H22ClN5O5. The zero-order valence-corrected chi connectivity index (χ0v) is 20.0. The number of halogens is 1. The molecule has 0 aromatic heterocycles. The molecule has 1 atom stereocenters. The van der Waals surface area contributed by atoms with E-state index >= 15 is 0 Å². The van der Waals surface area contributed by atoms with E-state index in [1.165, 1.54) is 0 Å². The van der Waals surface area contributed by atoms with Crippen molar-refractivity contribution < 1.29 is 24.0 Å². The maximum Gasteiger partial charge on any atom is 0.322 e. The number of anilines is 2. The van der Waals surface area contributed by atoms with Crippen LogP contribution in [0.15, 0.2) is 48.2 Å². The maximum absolute atomic E-state index is 13.0. The van der Waals surface area contributed by atoms with E-state index in [0.29, 0.717) is 22.9 Å². The van der Waals surface area contributed by atoms with Gasteiger partial charge < -0.3 is 15.5 Å². The first-order chi connectivity index (χ1) is 17.2. The zero-order chi connectivity index (χ0) is 25.6. The summed E-state index contributed by atoms with van der Waals surface area (Å²) >= 11 is 6.16. The summed E-state index contributed by atoms with van der Waals surface area (Å²) in [5, 5.41) is 8.58. The highest BCUT2D eigenvalue weighted by atomic mass is 35.5. The van der Waals surface area contributed by atoms with E-state index in [0.717, 1.165) is 27.7 Å². The molecule has 1 unspecified atom stereocenters. The molecule has 2 aromatic carbocycles. The van der Waals surface area contributed by atoms with Crippen LogP contribution in [0.25, 0.3) is 0 Å². The zero-order valence-electron chi connectivity index (χ0n) is 19.3. The Morgan fingerprint density at radius 2 is 1.92 bits per heavy atom. The van der Waals surface area contributed by atoms with Gasteiger partial charge in [0.1, 0.15) is 11.7 Å². The highest BCUT2D eigenvalue weighted by molar-refractivity contribution is 6.31. The summed E-state index contributed by atoms with van der Waals surface area (Å²) in [5.41, 5.74) is 3.81. The third-order valence-corrected chi connectivity index (χ3v) is 6.85. The summed E-state index contributed by atoms with van der Waals surface area (Å²) in [6.07, 6.45) is 1.28. The van der Waals surface area contributed by atoms with Crippen LogP contribution in [0.4, 0.5) is 16.2 Å². The first-order valence-corrected chi connectivity index (χ1v) is 11.7. The van der Waals surface area contributed by atoms with Gasteiger partial charge in [0.05, 0.1) is 6.54 Å². The van der Waals surface area contributed by atoms with Gasteiger partial charge in [0.15, 0.2) is 0 Å². The number of hydrogen-bond donors (Lipinski definition) is 3. The van der Waals surface area contributed by atoms with Gasteiger partial charge in [0.25, 0.3) is 11.8 Å². The molecule has 0 radical (unpaired) electrons. The van der Waals surface area contributed by atoms with Gasteiger partial charge in [-0.3, -0.25) is 29.4 Å². The van der Waals surface area contributed by atoms with Crippen molar-refractivity contribution >= 4 is 52.6 Å². The molecule has 1 saturated heterocycles. The summed E-state index contributed by atoms with van der Waals surface area (Å²) < 4.78 is 0. The molecule has 3 aliphatic heterocycles. The van der Waals surface area contributed by atoms with Gasteiger partial charge >= 0.3 is 6.03 Å². The maximum atomic E-state index is 13.0. The van der Waals surface area contributed by atoms with Crippen LogP contribution in [-0.2, 0) is 32.3 Å². The standard InChI is InChI=1S/C25H22ClN5O5/c1-13-5-6-15(9-17(13)26)27-25(36)30-11-14-3-2-4-18(16(14)12-30)28-19-10-22(33)31(24(19)35)20-7-8-21(32)29-23(20)34/h2-6,9-10,20,28H,7-8,11-12H2,1H3,(H,27,36)(H,29,32,34). The fourth-order valence-corrected chi connectivity index (χ4v) is 4.68. The van der Waals surface area contributed by atoms with E-state index < -0.39 is 29.7 Å². The van der Waals surface area contributed by atoms with Crippen molar-refractivity contribution in [2.45, 2.75) is 38.9 Å². The molecule has 10 nitrogen and oxygen atoms in total. The van der Waals surface area contributed by atoms with Gasteiger partial charge in [-0.1, -0.05) is 29.8 Å². The van der Waals surface area contributed by atoms with Gasteiger partial charge in [-0.05, 0) is 42.7 Å². The Kier molecular flexibility index (Phi) is 5.97. The monoisotopic (exact) mass is 507 g/mol. The summed E-state index contributed by atoms with van der Waals surface area (Å²) in [5.74, 6) is -2.36.